The van der Waals surface area contributed by atoms with E-state index in [1.165, 1.54) is 12.0 Å². The molecule has 0 saturated carbocycles. The lowest BCUT2D eigenvalue weighted by molar-refractivity contribution is -0.135. The first-order valence-electron chi connectivity index (χ1n) is 7.85. The molecule has 8 heteroatoms. The SMILES string of the molecule is COC(=O)C=C1N/C(=N\c2nc(C)cc(C)n2)N(c2ccccc2)C1=O. The fraction of sp³-hybridized carbons (Fsp3) is 0.167. The normalized spacial score (nSPS) is 16.9. The van der Waals surface area contributed by atoms with Crippen molar-refractivity contribution in [2.45, 2.75) is 13.8 Å². The molecule has 26 heavy (non-hydrogen) atoms. The molecule has 1 fully saturated rings. The predicted molar refractivity (Wildman–Crippen MR) is 95.8 cm³/mol. The Morgan fingerprint density at radius 1 is 1.19 bits per heavy atom. The number of ether oxygens (including phenoxy) is 1. The largest absolute Gasteiger partial charge is 0.466 e. The summed E-state index contributed by atoms with van der Waals surface area (Å²) in [5.74, 6) is -0.637. The molecular weight excluding hydrogens is 334 g/mol. The van der Waals surface area contributed by atoms with Crippen LogP contribution < -0.4 is 10.2 Å². The van der Waals surface area contributed by atoms with Crippen molar-refractivity contribution in [2.24, 2.45) is 4.99 Å². The van der Waals surface area contributed by atoms with E-state index in [0.29, 0.717) is 5.69 Å². The van der Waals surface area contributed by atoms with Crippen molar-refractivity contribution in [3.63, 3.8) is 0 Å². The Morgan fingerprint density at radius 3 is 2.46 bits per heavy atom. The minimum atomic E-state index is -0.641. The van der Waals surface area contributed by atoms with E-state index in [0.717, 1.165) is 17.5 Å². The fourth-order valence-electron chi connectivity index (χ4n) is 2.47. The second-order valence-electron chi connectivity index (χ2n) is 5.57. The summed E-state index contributed by atoms with van der Waals surface area (Å²) in [6.07, 6.45) is 1.09. The van der Waals surface area contributed by atoms with Gasteiger partial charge in [-0.1, -0.05) is 18.2 Å². The van der Waals surface area contributed by atoms with Crippen LogP contribution in [0.5, 0.6) is 0 Å². The van der Waals surface area contributed by atoms with Gasteiger partial charge in [0.15, 0.2) is 0 Å². The molecule has 0 bridgehead atoms. The zero-order valence-electron chi connectivity index (χ0n) is 14.6. The predicted octanol–water partition coefficient (Wildman–Crippen LogP) is 1.77. The molecule has 0 atom stereocenters. The van der Waals surface area contributed by atoms with Crippen molar-refractivity contribution >= 4 is 29.5 Å². The van der Waals surface area contributed by atoms with Gasteiger partial charge >= 0.3 is 5.97 Å². The summed E-state index contributed by atoms with van der Waals surface area (Å²) in [6, 6.07) is 10.8. The van der Waals surface area contributed by atoms with E-state index >= 15 is 0 Å². The van der Waals surface area contributed by atoms with E-state index in [4.69, 9.17) is 0 Å². The van der Waals surface area contributed by atoms with Crippen molar-refractivity contribution in [3.05, 3.63) is 59.6 Å². The van der Waals surface area contributed by atoms with Gasteiger partial charge in [-0.25, -0.2) is 19.7 Å². The number of amides is 1. The maximum Gasteiger partial charge on any atom is 0.332 e. The highest BCUT2D eigenvalue weighted by atomic mass is 16.5. The molecule has 0 aliphatic carbocycles. The third-order valence-corrected chi connectivity index (χ3v) is 3.55. The molecule has 0 unspecified atom stereocenters. The Morgan fingerprint density at radius 2 is 1.85 bits per heavy atom. The summed E-state index contributed by atoms with van der Waals surface area (Å²) in [6.45, 7) is 3.67. The highest BCUT2D eigenvalue weighted by molar-refractivity contribution is 6.29. The van der Waals surface area contributed by atoms with Gasteiger partial charge < -0.3 is 10.1 Å². The summed E-state index contributed by atoms with van der Waals surface area (Å²) in [4.78, 5) is 38.5. The number of methoxy groups -OCH3 is 1. The molecule has 1 saturated heterocycles. The van der Waals surface area contributed by atoms with Gasteiger partial charge in [0.05, 0.1) is 18.9 Å². The quantitative estimate of drug-likeness (QED) is 0.669. The van der Waals surface area contributed by atoms with Gasteiger partial charge in [0, 0.05) is 11.4 Å². The third-order valence-electron chi connectivity index (χ3n) is 3.55. The fourth-order valence-corrected chi connectivity index (χ4v) is 2.47. The molecule has 1 amide bonds. The monoisotopic (exact) mass is 351 g/mol. The number of aliphatic imine (C=N–C) groups is 1. The summed E-state index contributed by atoms with van der Waals surface area (Å²) in [5.41, 5.74) is 2.18. The molecule has 1 N–H and O–H groups in total. The number of anilines is 1. The Hall–Kier alpha value is -3.55. The van der Waals surface area contributed by atoms with Crippen molar-refractivity contribution in [1.29, 1.82) is 0 Å². The van der Waals surface area contributed by atoms with Crippen LogP contribution in [0, 0.1) is 13.8 Å². The van der Waals surface area contributed by atoms with E-state index in [1.54, 1.807) is 24.3 Å². The number of para-hydroxylation sites is 1. The van der Waals surface area contributed by atoms with Crippen LogP contribution in [0.1, 0.15) is 11.4 Å². The Balaban J connectivity index is 2.08. The van der Waals surface area contributed by atoms with E-state index in [9.17, 15) is 9.59 Å². The van der Waals surface area contributed by atoms with E-state index < -0.39 is 11.9 Å². The van der Waals surface area contributed by atoms with Crippen molar-refractivity contribution < 1.29 is 14.3 Å². The number of carbonyl (C=O) groups excluding carboxylic acids is 2. The van der Waals surface area contributed by atoms with Crippen LogP contribution in [0.2, 0.25) is 0 Å². The number of esters is 1. The van der Waals surface area contributed by atoms with Crippen LogP contribution in [0.15, 0.2) is 53.2 Å². The summed E-state index contributed by atoms with van der Waals surface area (Å²) in [5, 5.41) is 2.85. The van der Waals surface area contributed by atoms with Crippen LogP contribution in [0.4, 0.5) is 11.6 Å². The molecule has 132 valence electrons. The van der Waals surface area contributed by atoms with E-state index in [1.807, 2.05) is 26.0 Å². The van der Waals surface area contributed by atoms with Gasteiger partial charge in [0.25, 0.3) is 11.9 Å². The first-order chi connectivity index (χ1) is 12.5. The average Bonchev–Trinajstić information content (AvgIpc) is 2.89. The molecule has 1 aliphatic rings. The van der Waals surface area contributed by atoms with E-state index in [-0.39, 0.29) is 17.6 Å². The Labute approximate surface area is 150 Å². The number of hydrogen-bond donors (Lipinski definition) is 1. The molecule has 0 radical (unpaired) electrons. The van der Waals surface area contributed by atoms with Crippen LogP contribution in [0.25, 0.3) is 0 Å². The minimum absolute atomic E-state index is 0.0591. The lowest BCUT2D eigenvalue weighted by Crippen LogP contribution is -2.32. The summed E-state index contributed by atoms with van der Waals surface area (Å²) >= 11 is 0. The highest BCUT2D eigenvalue weighted by Crippen LogP contribution is 2.22. The molecule has 1 aromatic heterocycles. The van der Waals surface area contributed by atoms with Crippen molar-refractivity contribution in [2.75, 3.05) is 12.0 Å². The third kappa shape index (κ3) is 3.59. The number of aryl methyl sites for hydroxylation is 2. The lowest BCUT2D eigenvalue weighted by Gasteiger charge is -2.14. The van der Waals surface area contributed by atoms with Gasteiger partial charge in [0.2, 0.25) is 5.96 Å². The first-order valence-corrected chi connectivity index (χ1v) is 7.85. The van der Waals surface area contributed by atoms with Crippen LogP contribution >= 0.6 is 0 Å². The number of benzene rings is 1. The van der Waals surface area contributed by atoms with Crippen LogP contribution in [-0.4, -0.2) is 34.9 Å². The number of carbonyl (C=O) groups is 2. The maximum absolute atomic E-state index is 12.8. The zero-order valence-corrected chi connectivity index (χ0v) is 14.6. The van der Waals surface area contributed by atoms with Crippen LogP contribution in [0.3, 0.4) is 0 Å². The van der Waals surface area contributed by atoms with Crippen molar-refractivity contribution in [1.82, 2.24) is 15.3 Å². The zero-order chi connectivity index (χ0) is 18.7. The number of hydrogen-bond acceptors (Lipinski definition) is 6. The van der Waals surface area contributed by atoms with Crippen molar-refractivity contribution in [3.8, 4) is 0 Å². The number of nitrogens with zero attached hydrogens (tertiary/aromatic N) is 4. The number of guanidine groups is 1. The topological polar surface area (TPSA) is 96.8 Å². The Bertz CT molecular complexity index is 901. The molecule has 0 spiro atoms. The first kappa shape index (κ1) is 17.3. The lowest BCUT2D eigenvalue weighted by atomic mass is 10.3. The number of aromatic nitrogens is 2. The second-order valence-corrected chi connectivity index (χ2v) is 5.57. The number of nitrogens with one attached hydrogen (secondary N) is 1. The van der Waals surface area contributed by atoms with Gasteiger partial charge in [-0.05, 0) is 32.0 Å². The summed E-state index contributed by atoms with van der Waals surface area (Å²) < 4.78 is 4.60. The Kier molecular flexibility index (Phi) is 4.74. The number of rotatable bonds is 3. The standard InChI is InChI=1S/C18H17N5O3/c1-11-9-12(2)20-17(19-11)22-18-21-14(10-15(24)26-3)16(25)23(18)13-7-5-4-6-8-13/h4-10H,1-3H3,(H,19,20,21,22). The smallest absolute Gasteiger partial charge is 0.332 e. The molecular formula is C18H17N5O3. The molecule has 2 heterocycles. The average molecular weight is 351 g/mol. The van der Waals surface area contributed by atoms with Gasteiger partial charge in [-0.2, -0.15) is 4.99 Å². The second kappa shape index (κ2) is 7.14. The molecule has 2 aromatic rings. The van der Waals surface area contributed by atoms with E-state index in [2.05, 4.69) is 25.0 Å². The molecule has 3 rings (SSSR count). The molecule has 8 nitrogen and oxygen atoms in total. The van der Waals surface area contributed by atoms with Gasteiger partial charge in [0.1, 0.15) is 5.70 Å². The van der Waals surface area contributed by atoms with Gasteiger partial charge in [-0.15, -0.1) is 0 Å². The van der Waals surface area contributed by atoms with Gasteiger partial charge in [-0.3, -0.25) is 4.79 Å². The molecule has 1 aromatic carbocycles. The maximum atomic E-state index is 12.8. The van der Waals surface area contributed by atoms with Crippen LogP contribution in [-0.2, 0) is 14.3 Å². The minimum Gasteiger partial charge on any atom is -0.466 e. The molecule has 1 aliphatic heterocycles. The highest BCUT2D eigenvalue weighted by Gasteiger charge is 2.34. The summed E-state index contributed by atoms with van der Waals surface area (Å²) in [7, 11) is 1.24.